The van der Waals surface area contributed by atoms with Gasteiger partial charge >= 0.3 is 0 Å². The van der Waals surface area contributed by atoms with Crippen LogP contribution in [0.1, 0.15) is 33.9 Å². The molecular formula is C26H20ClN3O4. The van der Waals surface area contributed by atoms with Crippen LogP contribution in [0.25, 0.3) is 0 Å². The molecule has 0 saturated carbocycles. The summed E-state index contributed by atoms with van der Waals surface area (Å²) in [6.07, 6.45) is 0.515. The van der Waals surface area contributed by atoms with E-state index < -0.39 is 17.6 Å². The number of halogens is 1. The molecule has 3 aromatic carbocycles. The molecule has 2 aliphatic heterocycles. The summed E-state index contributed by atoms with van der Waals surface area (Å²) in [7, 11) is 1.59. The summed E-state index contributed by atoms with van der Waals surface area (Å²) >= 11 is 5.99. The van der Waals surface area contributed by atoms with Gasteiger partial charge in [0.25, 0.3) is 17.6 Å². The van der Waals surface area contributed by atoms with Crippen molar-refractivity contribution in [2.24, 2.45) is 5.10 Å². The van der Waals surface area contributed by atoms with Crippen LogP contribution in [0.5, 0.6) is 5.75 Å². The lowest BCUT2D eigenvalue weighted by Gasteiger charge is -2.25. The molecule has 34 heavy (non-hydrogen) atoms. The molecule has 2 heterocycles. The van der Waals surface area contributed by atoms with Crippen molar-refractivity contribution >= 4 is 40.6 Å². The zero-order valence-electron chi connectivity index (χ0n) is 18.3. The number of methoxy groups -OCH3 is 1. The van der Waals surface area contributed by atoms with E-state index in [-0.39, 0.29) is 18.2 Å². The minimum absolute atomic E-state index is 0.201. The fraction of sp³-hybridized carbons (Fsp3) is 0.154. The van der Waals surface area contributed by atoms with Crippen LogP contribution < -0.4 is 9.64 Å². The summed E-state index contributed by atoms with van der Waals surface area (Å²) < 4.78 is 5.25. The molecule has 170 valence electrons. The standard InChI is InChI=1S/C26H20ClN3O4/c1-34-19-10-7-17(8-11-19)23-14-21(16-5-3-2-4-6-16)28-30(23)24(31)15-29-22-12-9-18(27)13-20(22)25(32)26(29)33/h2-13,23H,14-15H2,1H3. The lowest BCUT2D eigenvalue weighted by Crippen LogP contribution is -2.40. The zero-order valence-corrected chi connectivity index (χ0v) is 19.0. The predicted octanol–water partition coefficient (Wildman–Crippen LogP) is 4.26. The minimum atomic E-state index is -0.752. The number of benzene rings is 3. The molecule has 0 bridgehead atoms. The lowest BCUT2D eigenvalue weighted by molar-refractivity contribution is -0.132. The monoisotopic (exact) mass is 473 g/mol. The van der Waals surface area contributed by atoms with Gasteiger partial charge in [0.2, 0.25) is 0 Å². The molecule has 7 nitrogen and oxygen atoms in total. The highest BCUT2D eigenvalue weighted by molar-refractivity contribution is 6.53. The van der Waals surface area contributed by atoms with E-state index in [1.165, 1.54) is 16.0 Å². The topological polar surface area (TPSA) is 79.3 Å². The number of fused-ring (bicyclic) bond motifs is 1. The zero-order chi connectivity index (χ0) is 23.8. The number of anilines is 1. The van der Waals surface area contributed by atoms with Gasteiger partial charge in [-0.2, -0.15) is 5.10 Å². The van der Waals surface area contributed by atoms with Crippen LogP contribution in [0.3, 0.4) is 0 Å². The first-order valence-electron chi connectivity index (χ1n) is 10.7. The van der Waals surface area contributed by atoms with Crippen molar-refractivity contribution in [3.8, 4) is 5.75 Å². The van der Waals surface area contributed by atoms with E-state index >= 15 is 0 Å². The van der Waals surface area contributed by atoms with Gasteiger partial charge in [0.1, 0.15) is 12.3 Å². The van der Waals surface area contributed by atoms with E-state index in [9.17, 15) is 14.4 Å². The Morgan fingerprint density at radius 1 is 1.06 bits per heavy atom. The van der Waals surface area contributed by atoms with E-state index in [0.29, 0.717) is 22.9 Å². The summed E-state index contributed by atoms with van der Waals surface area (Å²) in [4.78, 5) is 39.7. The Morgan fingerprint density at radius 3 is 2.50 bits per heavy atom. The maximum absolute atomic E-state index is 13.5. The molecule has 0 aromatic heterocycles. The van der Waals surface area contributed by atoms with Gasteiger partial charge in [0, 0.05) is 11.4 Å². The average molecular weight is 474 g/mol. The van der Waals surface area contributed by atoms with Crippen molar-refractivity contribution in [1.82, 2.24) is 5.01 Å². The molecule has 1 unspecified atom stereocenters. The van der Waals surface area contributed by atoms with E-state index in [1.54, 1.807) is 19.2 Å². The summed E-state index contributed by atoms with van der Waals surface area (Å²) in [6, 6.07) is 21.4. The molecule has 0 spiro atoms. The number of carbonyl (C=O) groups excluding carboxylic acids is 3. The van der Waals surface area contributed by atoms with E-state index in [1.807, 2.05) is 54.6 Å². The second kappa shape index (κ2) is 8.76. The van der Waals surface area contributed by atoms with Gasteiger partial charge in [-0.15, -0.1) is 0 Å². The quantitative estimate of drug-likeness (QED) is 0.519. The Morgan fingerprint density at radius 2 is 1.79 bits per heavy atom. The number of nitrogens with zero attached hydrogens (tertiary/aromatic N) is 3. The van der Waals surface area contributed by atoms with Crippen molar-refractivity contribution in [1.29, 1.82) is 0 Å². The van der Waals surface area contributed by atoms with Gasteiger partial charge in [-0.1, -0.05) is 54.1 Å². The molecule has 1 atom stereocenters. The molecule has 8 heteroatoms. The Kier molecular flexibility index (Phi) is 5.63. The molecule has 0 aliphatic carbocycles. The SMILES string of the molecule is COc1ccc(C2CC(c3ccccc3)=NN2C(=O)CN2C(=O)C(=O)c3cc(Cl)ccc32)cc1. The molecule has 2 amide bonds. The number of amides is 2. The first-order chi connectivity index (χ1) is 16.5. The molecule has 3 aromatic rings. The first kappa shape index (κ1) is 21.9. The van der Waals surface area contributed by atoms with Gasteiger partial charge in [0.05, 0.1) is 30.1 Å². The third-order valence-corrected chi connectivity index (χ3v) is 6.24. The van der Waals surface area contributed by atoms with E-state index in [2.05, 4.69) is 5.10 Å². The van der Waals surface area contributed by atoms with Crippen molar-refractivity contribution in [3.63, 3.8) is 0 Å². The van der Waals surface area contributed by atoms with Crippen molar-refractivity contribution < 1.29 is 19.1 Å². The first-order valence-corrected chi connectivity index (χ1v) is 11.1. The van der Waals surface area contributed by atoms with Gasteiger partial charge < -0.3 is 4.74 Å². The van der Waals surface area contributed by atoms with Crippen LogP contribution in [0.4, 0.5) is 5.69 Å². The fourth-order valence-electron chi connectivity index (χ4n) is 4.27. The number of hydrazone groups is 1. The number of hydrogen-bond donors (Lipinski definition) is 0. The summed E-state index contributed by atoms with van der Waals surface area (Å²) in [5.41, 5.74) is 3.15. The summed E-state index contributed by atoms with van der Waals surface area (Å²) in [5, 5.41) is 6.40. The number of hydrogen-bond acceptors (Lipinski definition) is 5. The maximum Gasteiger partial charge on any atom is 0.299 e. The molecular weight excluding hydrogens is 454 g/mol. The smallest absolute Gasteiger partial charge is 0.299 e. The normalized spacial score (nSPS) is 17.1. The van der Waals surface area contributed by atoms with Gasteiger partial charge in [-0.05, 0) is 41.5 Å². The Bertz CT molecular complexity index is 1320. The molecule has 5 rings (SSSR count). The second-order valence-electron chi connectivity index (χ2n) is 8.03. The van der Waals surface area contributed by atoms with E-state index in [4.69, 9.17) is 16.3 Å². The summed E-state index contributed by atoms with van der Waals surface area (Å²) in [6.45, 7) is -0.308. The van der Waals surface area contributed by atoms with Crippen LogP contribution in [-0.4, -0.2) is 42.0 Å². The number of rotatable bonds is 5. The minimum Gasteiger partial charge on any atom is -0.497 e. The second-order valence-corrected chi connectivity index (χ2v) is 8.46. The molecule has 0 N–H and O–H groups in total. The van der Waals surface area contributed by atoms with Crippen LogP contribution in [-0.2, 0) is 9.59 Å². The van der Waals surface area contributed by atoms with Crippen LogP contribution in [0.2, 0.25) is 5.02 Å². The third-order valence-electron chi connectivity index (χ3n) is 6.00. The molecule has 0 radical (unpaired) electrons. The van der Waals surface area contributed by atoms with Gasteiger partial charge in [-0.3, -0.25) is 19.3 Å². The predicted molar refractivity (Wildman–Crippen MR) is 128 cm³/mol. The number of carbonyl (C=O) groups is 3. The highest BCUT2D eigenvalue weighted by Gasteiger charge is 2.40. The highest BCUT2D eigenvalue weighted by atomic mass is 35.5. The maximum atomic E-state index is 13.5. The third kappa shape index (κ3) is 3.84. The molecule has 0 fully saturated rings. The average Bonchev–Trinajstić information content (AvgIpc) is 3.41. The van der Waals surface area contributed by atoms with Crippen LogP contribution in [0, 0.1) is 0 Å². The fourth-order valence-corrected chi connectivity index (χ4v) is 4.44. The van der Waals surface area contributed by atoms with Crippen LogP contribution in [0.15, 0.2) is 77.9 Å². The van der Waals surface area contributed by atoms with E-state index in [0.717, 1.165) is 16.8 Å². The van der Waals surface area contributed by atoms with Crippen molar-refractivity contribution in [3.05, 3.63) is 94.5 Å². The number of ketones is 1. The largest absolute Gasteiger partial charge is 0.497 e. The van der Waals surface area contributed by atoms with Gasteiger partial charge in [-0.25, -0.2) is 5.01 Å². The van der Waals surface area contributed by atoms with Crippen LogP contribution >= 0.6 is 11.6 Å². The molecule has 0 saturated heterocycles. The Balaban J connectivity index is 1.47. The Hall–Kier alpha value is -3.97. The Labute approximate surface area is 201 Å². The summed E-state index contributed by atoms with van der Waals surface area (Å²) in [5.74, 6) is -1.11. The number of Topliss-reactive ketones (excluding diaryl/α,β-unsaturated/α-hetero) is 1. The van der Waals surface area contributed by atoms with Crippen molar-refractivity contribution in [2.75, 3.05) is 18.6 Å². The van der Waals surface area contributed by atoms with Crippen molar-refractivity contribution in [2.45, 2.75) is 12.5 Å². The molecule has 2 aliphatic rings. The number of ether oxygens (including phenoxy) is 1. The lowest BCUT2D eigenvalue weighted by atomic mass is 9.98. The van der Waals surface area contributed by atoms with Gasteiger partial charge in [0.15, 0.2) is 0 Å². The highest BCUT2D eigenvalue weighted by Crippen LogP contribution is 2.35.